The van der Waals surface area contributed by atoms with Crippen LogP contribution in [0.15, 0.2) is 0 Å². The highest BCUT2D eigenvalue weighted by Gasteiger charge is 2.31. The Bertz CT molecular complexity index is 171. The Morgan fingerprint density at radius 3 is 2.62 bits per heavy atom. The Hall–Kier alpha value is -0.220. The number of hydrogen-bond donors (Lipinski definition) is 1. The standard InChI is InChI=1S/C9H19NO2S/c1-5-13-7(2)6-9(3,10)8(11)12-4/h7H,5-6,10H2,1-4H3. The Labute approximate surface area is 84.4 Å². The first-order valence-corrected chi connectivity index (χ1v) is 5.47. The molecule has 4 heteroatoms. The summed E-state index contributed by atoms with van der Waals surface area (Å²) in [6.07, 6.45) is 0.651. The Morgan fingerprint density at radius 1 is 1.69 bits per heavy atom. The fourth-order valence-corrected chi connectivity index (χ4v) is 2.29. The number of carbonyl (C=O) groups is 1. The molecule has 78 valence electrons. The number of methoxy groups -OCH3 is 1. The van der Waals surface area contributed by atoms with Gasteiger partial charge in [0.05, 0.1) is 7.11 Å². The molecule has 0 heterocycles. The summed E-state index contributed by atoms with van der Waals surface area (Å²) in [5, 5.41) is 0.388. The molecule has 0 aliphatic rings. The van der Waals surface area contributed by atoms with Gasteiger partial charge in [-0.25, -0.2) is 0 Å². The van der Waals surface area contributed by atoms with Crippen molar-refractivity contribution < 1.29 is 9.53 Å². The smallest absolute Gasteiger partial charge is 0.325 e. The van der Waals surface area contributed by atoms with E-state index in [0.717, 1.165) is 5.75 Å². The molecule has 3 nitrogen and oxygen atoms in total. The molecule has 0 amide bonds. The van der Waals surface area contributed by atoms with Crippen LogP contribution < -0.4 is 5.73 Å². The minimum absolute atomic E-state index is 0.337. The molecule has 0 aromatic carbocycles. The first kappa shape index (κ1) is 12.8. The lowest BCUT2D eigenvalue weighted by Crippen LogP contribution is -2.47. The number of carbonyl (C=O) groups excluding carboxylic acids is 1. The summed E-state index contributed by atoms with van der Waals surface area (Å²) in [5.41, 5.74) is 4.96. The van der Waals surface area contributed by atoms with E-state index in [1.165, 1.54) is 7.11 Å². The van der Waals surface area contributed by atoms with Crippen LogP contribution >= 0.6 is 11.8 Å². The first-order valence-electron chi connectivity index (χ1n) is 4.43. The largest absolute Gasteiger partial charge is 0.468 e. The van der Waals surface area contributed by atoms with Gasteiger partial charge in [-0.3, -0.25) is 4.79 Å². The zero-order chi connectivity index (χ0) is 10.5. The zero-order valence-electron chi connectivity index (χ0n) is 8.79. The predicted molar refractivity (Wildman–Crippen MR) is 56.8 cm³/mol. The number of nitrogens with two attached hydrogens (primary N) is 1. The molecule has 0 spiro atoms. The van der Waals surface area contributed by atoms with Crippen molar-refractivity contribution in [3.63, 3.8) is 0 Å². The van der Waals surface area contributed by atoms with Gasteiger partial charge < -0.3 is 10.5 Å². The van der Waals surface area contributed by atoms with Gasteiger partial charge in [0.15, 0.2) is 0 Å². The number of hydrogen-bond acceptors (Lipinski definition) is 4. The average molecular weight is 205 g/mol. The summed E-state index contributed by atoms with van der Waals surface area (Å²) >= 11 is 1.80. The van der Waals surface area contributed by atoms with Gasteiger partial charge in [0.2, 0.25) is 0 Å². The summed E-state index contributed by atoms with van der Waals surface area (Å²) < 4.78 is 4.62. The fraction of sp³-hybridized carbons (Fsp3) is 0.889. The molecule has 0 fully saturated rings. The van der Waals surface area contributed by atoms with E-state index >= 15 is 0 Å². The minimum Gasteiger partial charge on any atom is -0.468 e. The van der Waals surface area contributed by atoms with Gasteiger partial charge in [-0.05, 0) is 19.1 Å². The molecule has 0 aliphatic heterocycles. The molecule has 2 atom stereocenters. The maximum absolute atomic E-state index is 11.2. The van der Waals surface area contributed by atoms with Crippen molar-refractivity contribution in [3.8, 4) is 0 Å². The van der Waals surface area contributed by atoms with Crippen molar-refractivity contribution in [1.82, 2.24) is 0 Å². The van der Waals surface area contributed by atoms with Crippen molar-refractivity contribution in [2.45, 2.75) is 38.0 Å². The molecule has 0 aromatic heterocycles. The van der Waals surface area contributed by atoms with Crippen molar-refractivity contribution in [2.24, 2.45) is 5.73 Å². The van der Waals surface area contributed by atoms with Crippen molar-refractivity contribution in [1.29, 1.82) is 0 Å². The van der Waals surface area contributed by atoms with E-state index in [-0.39, 0.29) is 5.97 Å². The van der Waals surface area contributed by atoms with Crippen LogP contribution in [0.2, 0.25) is 0 Å². The van der Waals surface area contributed by atoms with Crippen molar-refractivity contribution in [3.05, 3.63) is 0 Å². The SMILES string of the molecule is CCSC(C)CC(C)(N)C(=O)OC. The highest BCUT2D eigenvalue weighted by molar-refractivity contribution is 7.99. The fourth-order valence-electron chi connectivity index (χ4n) is 1.26. The summed E-state index contributed by atoms with van der Waals surface area (Å²) in [7, 11) is 1.37. The Balaban J connectivity index is 4.07. The first-order chi connectivity index (χ1) is 5.94. The maximum Gasteiger partial charge on any atom is 0.325 e. The molecule has 13 heavy (non-hydrogen) atoms. The highest BCUT2D eigenvalue weighted by Crippen LogP contribution is 2.20. The van der Waals surface area contributed by atoms with E-state index in [4.69, 9.17) is 5.73 Å². The number of esters is 1. The Morgan fingerprint density at radius 2 is 2.23 bits per heavy atom. The molecule has 0 bridgehead atoms. The summed E-state index contributed by atoms with van der Waals surface area (Å²) in [6.45, 7) is 5.88. The average Bonchev–Trinajstić information content (AvgIpc) is 2.02. The van der Waals surface area contributed by atoms with Gasteiger partial charge in [-0.2, -0.15) is 11.8 Å². The molecule has 0 aromatic rings. The monoisotopic (exact) mass is 205 g/mol. The van der Waals surface area contributed by atoms with E-state index < -0.39 is 5.54 Å². The van der Waals surface area contributed by atoms with Crippen LogP contribution in [0.5, 0.6) is 0 Å². The van der Waals surface area contributed by atoms with Gasteiger partial charge in [0.1, 0.15) is 5.54 Å². The summed E-state index contributed by atoms with van der Waals surface area (Å²) in [4.78, 5) is 11.2. The normalized spacial score (nSPS) is 17.6. The third kappa shape index (κ3) is 4.52. The van der Waals surface area contributed by atoms with Gasteiger partial charge in [-0.15, -0.1) is 0 Å². The minimum atomic E-state index is -0.851. The van der Waals surface area contributed by atoms with E-state index in [1.54, 1.807) is 18.7 Å². The van der Waals surface area contributed by atoms with Crippen LogP contribution in [0.25, 0.3) is 0 Å². The van der Waals surface area contributed by atoms with Gasteiger partial charge in [-0.1, -0.05) is 13.8 Å². The van der Waals surface area contributed by atoms with E-state index in [2.05, 4.69) is 18.6 Å². The van der Waals surface area contributed by atoms with E-state index in [9.17, 15) is 4.79 Å². The lowest BCUT2D eigenvalue weighted by molar-refractivity contribution is -0.146. The van der Waals surface area contributed by atoms with Crippen LogP contribution in [0, 0.1) is 0 Å². The third-order valence-electron chi connectivity index (χ3n) is 1.81. The molecule has 2 N–H and O–H groups in total. The van der Waals surface area contributed by atoms with Crippen LogP contribution in [0.4, 0.5) is 0 Å². The molecule has 0 saturated heterocycles. The maximum atomic E-state index is 11.2. The number of ether oxygens (including phenoxy) is 1. The molecule has 0 radical (unpaired) electrons. The van der Waals surface area contributed by atoms with Crippen LogP contribution in [0.1, 0.15) is 27.2 Å². The predicted octanol–water partition coefficient (Wildman–Crippen LogP) is 1.41. The summed E-state index contributed by atoms with van der Waals surface area (Å²) in [5.74, 6) is 0.703. The van der Waals surface area contributed by atoms with Gasteiger partial charge >= 0.3 is 5.97 Å². The van der Waals surface area contributed by atoms with Crippen LogP contribution in [-0.4, -0.2) is 29.6 Å². The lowest BCUT2D eigenvalue weighted by Gasteiger charge is -2.24. The molecule has 0 aliphatic carbocycles. The molecular formula is C9H19NO2S. The zero-order valence-corrected chi connectivity index (χ0v) is 9.61. The second kappa shape index (κ2) is 5.50. The Kier molecular flexibility index (Phi) is 5.40. The molecule has 0 rings (SSSR count). The van der Waals surface area contributed by atoms with Crippen LogP contribution in [-0.2, 0) is 9.53 Å². The second-order valence-corrected chi connectivity index (χ2v) is 5.09. The van der Waals surface area contributed by atoms with Gasteiger partial charge in [0, 0.05) is 5.25 Å². The quantitative estimate of drug-likeness (QED) is 0.689. The van der Waals surface area contributed by atoms with E-state index in [1.807, 2.05) is 0 Å². The van der Waals surface area contributed by atoms with Crippen molar-refractivity contribution in [2.75, 3.05) is 12.9 Å². The third-order valence-corrected chi connectivity index (χ3v) is 2.88. The lowest BCUT2D eigenvalue weighted by atomic mass is 9.98. The number of thioether (sulfide) groups is 1. The van der Waals surface area contributed by atoms with Crippen molar-refractivity contribution >= 4 is 17.7 Å². The molecule has 2 unspecified atom stereocenters. The molecular weight excluding hydrogens is 186 g/mol. The summed E-state index contributed by atoms with van der Waals surface area (Å²) in [6, 6.07) is 0. The number of rotatable bonds is 5. The second-order valence-electron chi connectivity index (χ2n) is 3.38. The highest BCUT2D eigenvalue weighted by atomic mass is 32.2. The molecule has 0 saturated carbocycles. The van der Waals surface area contributed by atoms with Gasteiger partial charge in [0.25, 0.3) is 0 Å². The topological polar surface area (TPSA) is 52.3 Å². The van der Waals surface area contributed by atoms with Crippen LogP contribution in [0.3, 0.4) is 0 Å². The van der Waals surface area contributed by atoms with E-state index in [0.29, 0.717) is 11.7 Å².